The lowest BCUT2D eigenvalue weighted by Crippen LogP contribution is -2.69. The van der Waals surface area contributed by atoms with Crippen molar-refractivity contribution in [3.05, 3.63) is 10.9 Å². The van der Waals surface area contributed by atoms with E-state index in [4.69, 9.17) is 61.6 Å². The van der Waals surface area contributed by atoms with Crippen LogP contribution in [0.5, 0.6) is 0 Å². The quantitative estimate of drug-likeness (QED) is 0.0713. The van der Waals surface area contributed by atoms with E-state index in [2.05, 4.69) is 0 Å². The number of aliphatic hydroxyl groups excluding tert-OH is 18. The van der Waals surface area contributed by atoms with Gasteiger partial charge in [-0.2, -0.15) is 8.42 Å². The first kappa shape index (κ1) is 60.7. The summed E-state index contributed by atoms with van der Waals surface area (Å²) in [4.78, 5) is -1.17. The molecule has 22 rings (SSSR count). The number of hydrogen-bond acceptors (Lipinski definition) is 33. The second-order valence-corrected chi connectivity index (χ2v) is 19.9. The number of rotatable bonds is 10. The van der Waals surface area contributed by atoms with E-state index < -0.39 is 251 Å². The lowest BCUT2D eigenvalue weighted by molar-refractivity contribution is -0.404. The number of ether oxygens (including phenoxy) is 13. The summed E-state index contributed by atoms with van der Waals surface area (Å²) in [5, 5.41) is 198. The fraction of sp³-hybridized carbons (Fsp3) is 0.950. The Bertz CT molecular complexity index is 1960. The molecule has 436 valence electrons. The fourth-order valence-corrected chi connectivity index (χ4v) is 10.3. The second-order valence-electron chi connectivity index (χ2n) is 18.5. The predicted molar refractivity (Wildman–Crippen MR) is 226 cm³/mol. The summed E-state index contributed by atoms with van der Waals surface area (Å²) >= 11 is 0. The molecule has 22 heterocycles. The molecule has 22 saturated heterocycles. The molecular weight excluding hydrogens is 1060 g/mol. The second kappa shape index (κ2) is 25.3. The van der Waals surface area contributed by atoms with Crippen molar-refractivity contribution in [1.29, 1.82) is 0 Å². The van der Waals surface area contributed by atoms with Crippen molar-refractivity contribution in [2.24, 2.45) is 0 Å². The lowest BCUT2D eigenvalue weighted by atomic mass is 9.94. The van der Waals surface area contributed by atoms with E-state index in [-0.39, 0.29) is 0 Å². The van der Waals surface area contributed by atoms with Crippen LogP contribution in [0.1, 0.15) is 13.3 Å². The highest BCUT2D eigenvalue weighted by molar-refractivity contribution is 7.89. The van der Waals surface area contributed by atoms with Crippen LogP contribution in [-0.2, 0) is 71.7 Å². The highest BCUT2D eigenvalue weighted by atomic mass is 32.2. The van der Waals surface area contributed by atoms with Crippen LogP contribution >= 0.6 is 0 Å². The van der Waals surface area contributed by atoms with Gasteiger partial charge in [-0.3, -0.25) is 4.55 Å². The summed E-state index contributed by atoms with van der Waals surface area (Å²) < 4.78 is 108. The molecule has 0 aromatic carbocycles. The summed E-state index contributed by atoms with van der Waals surface area (Å²) in [5.41, 5.74) is 0. The van der Waals surface area contributed by atoms with E-state index in [1.165, 1.54) is 0 Å². The minimum atomic E-state index is -5.25. The molecule has 35 heteroatoms. The van der Waals surface area contributed by atoms with Crippen LogP contribution in [0.3, 0.4) is 0 Å². The maximum Gasteiger partial charge on any atom is 0.297 e. The molecule has 75 heavy (non-hydrogen) atoms. The van der Waals surface area contributed by atoms with Gasteiger partial charge in [0.2, 0.25) is 0 Å². The fourth-order valence-electron chi connectivity index (χ4n) is 9.69. The van der Waals surface area contributed by atoms with Crippen molar-refractivity contribution < 1.29 is 166 Å². The van der Waals surface area contributed by atoms with Gasteiger partial charge < -0.3 is 153 Å². The van der Waals surface area contributed by atoms with Gasteiger partial charge in [-0.15, -0.1) is 0 Å². The summed E-state index contributed by atoms with van der Waals surface area (Å²) in [5.74, 6) is -1.58. The molecule has 34 nitrogen and oxygen atoms in total. The topological polar surface area (TPSA) is 539 Å². The monoisotopic (exact) mass is 1120 g/mol. The average molecular weight is 1120 g/mol. The highest BCUT2D eigenvalue weighted by Gasteiger charge is 2.59. The van der Waals surface area contributed by atoms with Gasteiger partial charge in [0.25, 0.3) is 16.1 Å². The number of aliphatic hydroxyl groups is 18. The average Bonchev–Trinajstić information content (AvgIpc) is 3.37. The van der Waals surface area contributed by atoms with E-state index in [1.54, 1.807) is 0 Å². The van der Waals surface area contributed by atoms with E-state index in [9.17, 15) is 105 Å². The van der Waals surface area contributed by atoms with Gasteiger partial charge in [-0.05, 0) is 6.42 Å². The minimum absolute atomic E-state index is 0.646. The van der Waals surface area contributed by atoms with Crippen molar-refractivity contribution in [2.75, 3.05) is 39.6 Å². The molecule has 19 N–H and O–H groups in total. The van der Waals surface area contributed by atoms with E-state index in [0.29, 0.717) is 0 Å². The van der Waals surface area contributed by atoms with Gasteiger partial charge in [0.15, 0.2) is 48.7 Å². The van der Waals surface area contributed by atoms with Crippen LogP contribution in [0, 0.1) is 0 Å². The molecular formula is C40H66O34S. The molecule has 0 unspecified atom stereocenters. The Morgan fingerprint density at radius 1 is 0.360 bits per heavy atom. The van der Waals surface area contributed by atoms with Crippen LogP contribution in [0.2, 0.25) is 0 Å². The Morgan fingerprint density at radius 2 is 0.573 bits per heavy atom. The molecule has 0 aliphatic carbocycles. The Morgan fingerprint density at radius 3 is 0.787 bits per heavy atom. The van der Waals surface area contributed by atoms with E-state index in [0.717, 1.165) is 6.92 Å². The van der Waals surface area contributed by atoms with Crippen LogP contribution in [0.4, 0.5) is 0 Å². The largest absolute Gasteiger partial charge is 0.480 e. The molecule has 12 bridgehead atoms. The molecule has 0 saturated carbocycles. The molecule has 0 aromatic heterocycles. The summed E-state index contributed by atoms with van der Waals surface area (Å²) in [6.07, 6.45) is -62.9. The summed E-state index contributed by atoms with van der Waals surface area (Å²) in [6.45, 7) is -5.42. The van der Waals surface area contributed by atoms with Crippen LogP contribution in [0.25, 0.3) is 0 Å². The molecule has 0 spiro atoms. The zero-order chi connectivity index (χ0) is 55.1. The first-order valence-corrected chi connectivity index (χ1v) is 25.0. The molecule has 30 atom stereocenters. The molecule has 22 aliphatic rings. The SMILES string of the molecule is CC/C(=C(/O)O[C@@H]1[C@@H](O)[C@H]2O[C@H]3[C@H](O)[C@@H](O)[C@@H](O[C@H]4[C@H](O)[C@@H](O)[C@@H](O[C@H]5[C@H](O)[C@@H](O)[C@@H](O[C@H]6[C@H](O)[C@@H](O)[C@@H](O[C@H]7[C@H](O)[C@@H](O)[C@@H](O[C@H]1[C@@H](CO)O2)O[C@@H]7CO)O[C@@H]6CO)O[C@@H]5CO)O[C@@H]4CO)O[C@@H]3CO)S(=O)(=O)O. The normalized spacial score (nSPS) is 50.7. The standard InChI is InChI=1S/C40H66O34S/c1-2-15(75(59,60)61)34(58)68-33-26(57)40-67-14(8-46)32(33)74-39-25(56)20(51)30(12(6-44)66-39)72-37-23(54)18(49)28(10(4-42)64-37)70-35-21(52)16(47)27(9(3-41)62-35)69-36-22(53)17(48)29(11(5-43)63-36)71-38-24(55)19(50)31(73-40)13(7-45)65-38/h9-14,16-33,35-58H,2-8H2,1H3,(H,59,60,61)/b34-15+/t9-,10-,11-,12-,13-,14-,16-,17-,18-,19-,20-,21-,22-,23-,24-,25-,26-,27-,28-,29-,30-,31-,32+,33-,35-,36-,37-,38-,39-,40-/m1/s1. The van der Waals surface area contributed by atoms with E-state index in [1.807, 2.05) is 0 Å². The highest BCUT2D eigenvalue weighted by Crippen LogP contribution is 2.39. The van der Waals surface area contributed by atoms with Gasteiger partial charge >= 0.3 is 0 Å². The van der Waals surface area contributed by atoms with Crippen LogP contribution in [0.15, 0.2) is 10.9 Å². The summed E-state index contributed by atoms with van der Waals surface area (Å²) in [7, 11) is -5.25. The van der Waals surface area contributed by atoms with Gasteiger partial charge in [0.1, 0.15) is 140 Å². The van der Waals surface area contributed by atoms with Crippen LogP contribution in [-0.4, -0.2) is 329 Å². The van der Waals surface area contributed by atoms with Gasteiger partial charge in [-0.1, -0.05) is 6.92 Å². The van der Waals surface area contributed by atoms with E-state index >= 15 is 0 Å². The molecule has 0 amide bonds. The first-order chi connectivity index (χ1) is 35.5. The maximum absolute atomic E-state index is 12.2. The van der Waals surface area contributed by atoms with Crippen molar-refractivity contribution in [2.45, 2.75) is 198 Å². The Hall–Kier alpha value is -1.91. The smallest absolute Gasteiger partial charge is 0.297 e. The Balaban J connectivity index is 1.25. The summed E-state index contributed by atoms with van der Waals surface area (Å²) in [6, 6.07) is 0. The van der Waals surface area contributed by atoms with Gasteiger partial charge in [0, 0.05) is 0 Å². The van der Waals surface area contributed by atoms with Gasteiger partial charge in [0.05, 0.1) is 39.6 Å². The molecule has 22 fully saturated rings. The lowest BCUT2D eigenvalue weighted by Gasteiger charge is -2.51. The van der Waals surface area contributed by atoms with Crippen molar-refractivity contribution in [1.82, 2.24) is 0 Å². The zero-order valence-electron chi connectivity index (χ0n) is 39.3. The minimum Gasteiger partial charge on any atom is -0.480 e. The van der Waals surface area contributed by atoms with Crippen LogP contribution < -0.4 is 0 Å². The Kier molecular flexibility index (Phi) is 20.5. The maximum atomic E-state index is 12.2. The predicted octanol–water partition coefficient (Wildman–Crippen LogP) is -12.0. The number of hydrogen-bond donors (Lipinski definition) is 19. The number of allylic oxidation sites excluding steroid dienone is 1. The zero-order valence-corrected chi connectivity index (χ0v) is 40.1. The first-order valence-electron chi connectivity index (χ1n) is 23.5. The van der Waals surface area contributed by atoms with Crippen molar-refractivity contribution in [3.8, 4) is 0 Å². The Labute approximate surface area is 424 Å². The van der Waals surface area contributed by atoms with Crippen molar-refractivity contribution in [3.63, 3.8) is 0 Å². The third-order valence-corrected chi connectivity index (χ3v) is 14.9. The molecule has 22 aliphatic heterocycles. The third-order valence-electron chi connectivity index (χ3n) is 13.8. The van der Waals surface area contributed by atoms with Crippen molar-refractivity contribution >= 4 is 10.1 Å². The molecule has 0 aromatic rings. The van der Waals surface area contributed by atoms with Gasteiger partial charge in [-0.25, -0.2) is 0 Å². The third kappa shape index (κ3) is 12.2. The molecule has 0 radical (unpaired) electrons.